The lowest BCUT2D eigenvalue weighted by molar-refractivity contribution is 0.0536. The molecule has 0 saturated carbocycles. The minimum absolute atomic E-state index is 0.0827. The van der Waals surface area contributed by atoms with Gasteiger partial charge in [0.2, 0.25) is 0 Å². The third-order valence-corrected chi connectivity index (χ3v) is 4.74. The highest BCUT2D eigenvalue weighted by Crippen LogP contribution is 2.24. The Morgan fingerprint density at radius 2 is 1.77 bits per heavy atom. The lowest BCUT2D eigenvalue weighted by atomic mass is 10.1. The summed E-state index contributed by atoms with van der Waals surface area (Å²) in [5, 5.41) is 1.33. The molecular weight excluding hydrogens is 354 g/mol. The maximum Gasteiger partial charge on any atom is 0.257 e. The van der Waals surface area contributed by atoms with E-state index in [0.29, 0.717) is 47.8 Å². The number of pyridine rings is 1. The smallest absolute Gasteiger partial charge is 0.257 e. The summed E-state index contributed by atoms with van der Waals surface area (Å²) >= 11 is 6.17. The van der Waals surface area contributed by atoms with Crippen LogP contribution in [0.3, 0.4) is 0 Å². The quantitative estimate of drug-likeness (QED) is 0.696. The average molecular weight is 370 g/mol. The van der Waals surface area contributed by atoms with Gasteiger partial charge in [-0.25, -0.2) is 0 Å². The Morgan fingerprint density at radius 3 is 2.46 bits per heavy atom. The Morgan fingerprint density at radius 1 is 1.04 bits per heavy atom. The molecule has 2 amide bonds. The Balaban J connectivity index is 1.52. The molecule has 0 aliphatic carbocycles. The van der Waals surface area contributed by atoms with Crippen LogP contribution in [0.15, 0.2) is 53.5 Å². The number of carbonyl (C=O) groups excluding carboxylic acids is 2. The van der Waals surface area contributed by atoms with Gasteiger partial charge in [-0.2, -0.15) is 0 Å². The van der Waals surface area contributed by atoms with E-state index in [9.17, 15) is 9.59 Å². The predicted molar refractivity (Wildman–Crippen MR) is 97.3 cm³/mol. The van der Waals surface area contributed by atoms with Crippen LogP contribution in [0.4, 0.5) is 0 Å². The van der Waals surface area contributed by atoms with Crippen LogP contribution in [0.1, 0.15) is 20.7 Å². The average Bonchev–Trinajstić information content (AvgIpc) is 3.21. The van der Waals surface area contributed by atoms with Crippen LogP contribution in [0.25, 0.3) is 10.9 Å². The number of carbonyl (C=O) groups is 2. The van der Waals surface area contributed by atoms with Gasteiger partial charge >= 0.3 is 0 Å². The SMILES string of the molecule is O=C(c1ccoc1)N1CCN(C(=O)c2cc(Cl)cc3cccnc23)CC1. The van der Waals surface area contributed by atoms with Gasteiger partial charge in [0.1, 0.15) is 6.26 Å². The molecule has 4 rings (SSSR count). The monoisotopic (exact) mass is 369 g/mol. The highest BCUT2D eigenvalue weighted by molar-refractivity contribution is 6.32. The molecule has 1 aliphatic heterocycles. The number of aromatic nitrogens is 1. The molecule has 0 bridgehead atoms. The molecule has 0 radical (unpaired) electrons. The highest BCUT2D eigenvalue weighted by Gasteiger charge is 2.27. The Labute approximate surface area is 155 Å². The Hall–Kier alpha value is -2.86. The molecule has 132 valence electrons. The van der Waals surface area contributed by atoms with Gasteiger partial charge in [-0.15, -0.1) is 0 Å². The number of benzene rings is 1. The van der Waals surface area contributed by atoms with E-state index in [-0.39, 0.29) is 11.8 Å². The van der Waals surface area contributed by atoms with E-state index in [1.165, 1.54) is 12.5 Å². The highest BCUT2D eigenvalue weighted by atomic mass is 35.5. The van der Waals surface area contributed by atoms with E-state index in [4.69, 9.17) is 16.0 Å². The molecule has 3 heterocycles. The van der Waals surface area contributed by atoms with Crippen molar-refractivity contribution in [2.24, 2.45) is 0 Å². The van der Waals surface area contributed by atoms with Crippen molar-refractivity contribution in [1.29, 1.82) is 0 Å². The predicted octanol–water partition coefficient (Wildman–Crippen LogP) is 3.08. The zero-order chi connectivity index (χ0) is 18.1. The minimum Gasteiger partial charge on any atom is -0.472 e. The fourth-order valence-electron chi connectivity index (χ4n) is 3.17. The second-order valence-electron chi connectivity index (χ2n) is 6.12. The van der Waals surface area contributed by atoms with Gasteiger partial charge in [-0.05, 0) is 24.3 Å². The molecule has 3 aromatic rings. The van der Waals surface area contributed by atoms with Crippen molar-refractivity contribution in [3.63, 3.8) is 0 Å². The van der Waals surface area contributed by atoms with Crippen molar-refractivity contribution in [3.05, 3.63) is 65.2 Å². The summed E-state index contributed by atoms with van der Waals surface area (Å²) < 4.78 is 4.96. The number of amides is 2. The van der Waals surface area contributed by atoms with Crippen LogP contribution < -0.4 is 0 Å². The third kappa shape index (κ3) is 3.04. The van der Waals surface area contributed by atoms with Crippen molar-refractivity contribution >= 4 is 34.3 Å². The lowest BCUT2D eigenvalue weighted by Crippen LogP contribution is -2.50. The van der Waals surface area contributed by atoms with E-state index in [2.05, 4.69) is 4.98 Å². The molecule has 7 heteroatoms. The number of hydrogen-bond donors (Lipinski definition) is 0. The summed E-state index contributed by atoms with van der Waals surface area (Å²) in [5.74, 6) is -0.202. The standard InChI is InChI=1S/C19H16ClN3O3/c20-15-10-13-2-1-4-21-17(13)16(11-15)19(25)23-7-5-22(6-8-23)18(24)14-3-9-26-12-14/h1-4,9-12H,5-8H2. The Bertz CT molecular complexity index is 963. The van der Waals surface area contributed by atoms with Crippen LogP contribution in [0.2, 0.25) is 5.02 Å². The van der Waals surface area contributed by atoms with Gasteiger partial charge in [0.15, 0.2) is 0 Å². The Kier molecular flexibility index (Phi) is 4.34. The molecule has 1 aliphatic rings. The van der Waals surface area contributed by atoms with Crippen LogP contribution >= 0.6 is 11.6 Å². The molecule has 1 aromatic carbocycles. The van der Waals surface area contributed by atoms with E-state index < -0.39 is 0 Å². The molecule has 0 N–H and O–H groups in total. The normalized spacial score (nSPS) is 14.7. The number of furan rings is 1. The minimum atomic E-state index is -0.119. The maximum absolute atomic E-state index is 13.0. The van der Waals surface area contributed by atoms with Gasteiger partial charge in [-0.1, -0.05) is 17.7 Å². The summed E-state index contributed by atoms with van der Waals surface area (Å²) in [4.78, 5) is 33.1. The van der Waals surface area contributed by atoms with Crippen LogP contribution in [-0.2, 0) is 0 Å². The zero-order valence-electron chi connectivity index (χ0n) is 13.9. The molecule has 2 aromatic heterocycles. The molecule has 1 saturated heterocycles. The second-order valence-corrected chi connectivity index (χ2v) is 6.56. The molecular formula is C19H16ClN3O3. The maximum atomic E-state index is 13.0. The van der Waals surface area contributed by atoms with Gasteiger partial charge in [0.05, 0.1) is 22.9 Å². The molecule has 6 nitrogen and oxygen atoms in total. The topological polar surface area (TPSA) is 66.7 Å². The summed E-state index contributed by atoms with van der Waals surface area (Å²) in [6.45, 7) is 1.87. The van der Waals surface area contributed by atoms with Crippen molar-refractivity contribution in [2.45, 2.75) is 0 Å². The summed E-state index contributed by atoms with van der Waals surface area (Å²) in [6, 6.07) is 8.79. The van der Waals surface area contributed by atoms with Gasteiger partial charge < -0.3 is 14.2 Å². The van der Waals surface area contributed by atoms with Gasteiger partial charge in [-0.3, -0.25) is 14.6 Å². The number of hydrogen-bond acceptors (Lipinski definition) is 4. The lowest BCUT2D eigenvalue weighted by Gasteiger charge is -2.34. The van der Waals surface area contributed by atoms with Gasteiger partial charge in [0, 0.05) is 42.8 Å². The molecule has 0 spiro atoms. The summed E-state index contributed by atoms with van der Waals surface area (Å²) in [6.07, 6.45) is 4.57. The van der Waals surface area contributed by atoms with Crippen LogP contribution in [0, 0.1) is 0 Å². The number of nitrogens with zero attached hydrogens (tertiary/aromatic N) is 3. The van der Waals surface area contributed by atoms with Crippen LogP contribution in [-0.4, -0.2) is 52.8 Å². The zero-order valence-corrected chi connectivity index (χ0v) is 14.6. The van der Waals surface area contributed by atoms with E-state index in [1.807, 2.05) is 12.1 Å². The fraction of sp³-hybridized carbons (Fsp3) is 0.211. The first-order chi connectivity index (χ1) is 12.6. The molecule has 26 heavy (non-hydrogen) atoms. The van der Waals surface area contributed by atoms with Crippen molar-refractivity contribution in [1.82, 2.24) is 14.8 Å². The number of rotatable bonds is 2. The number of halogens is 1. The molecule has 0 unspecified atom stereocenters. The summed E-state index contributed by atoms with van der Waals surface area (Å²) in [5.41, 5.74) is 1.65. The fourth-order valence-corrected chi connectivity index (χ4v) is 3.40. The third-order valence-electron chi connectivity index (χ3n) is 4.52. The largest absolute Gasteiger partial charge is 0.472 e. The van der Waals surface area contributed by atoms with Crippen LogP contribution in [0.5, 0.6) is 0 Å². The second kappa shape index (κ2) is 6.80. The summed E-state index contributed by atoms with van der Waals surface area (Å²) in [7, 11) is 0. The number of fused-ring (bicyclic) bond motifs is 1. The van der Waals surface area contributed by atoms with Crippen molar-refractivity contribution < 1.29 is 14.0 Å². The first kappa shape index (κ1) is 16.6. The van der Waals surface area contributed by atoms with Gasteiger partial charge in [0.25, 0.3) is 11.8 Å². The van der Waals surface area contributed by atoms with E-state index >= 15 is 0 Å². The first-order valence-corrected chi connectivity index (χ1v) is 8.66. The van der Waals surface area contributed by atoms with Crippen molar-refractivity contribution in [3.8, 4) is 0 Å². The van der Waals surface area contributed by atoms with E-state index in [1.54, 1.807) is 34.2 Å². The molecule has 0 atom stereocenters. The molecule has 1 fully saturated rings. The van der Waals surface area contributed by atoms with E-state index in [0.717, 1.165) is 5.39 Å². The first-order valence-electron chi connectivity index (χ1n) is 8.28. The number of piperazine rings is 1. The van der Waals surface area contributed by atoms with Crippen molar-refractivity contribution in [2.75, 3.05) is 26.2 Å².